The van der Waals surface area contributed by atoms with E-state index in [2.05, 4.69) is 10.6 Å². The van der Waals surface area contributed by atoms with Gasteiger partial charge in [-0.25, -0.2) is 4.79 Å². The molecule has 0 fully saturated rings. The van der Waals surface area contributed by atoms with Crippen molar-refractivity contribution in [1.82, 2.24) is 15.5 Å². The minimum absolute atomic E-state index is 0.201. The molecule has 0 radical (unpaired) electrons. The summed E-state index contributed by atoms with van der Waals surface area (Å²) in [5.74, 6) is -0.201. The zero-order chi connectivity index (χ0) is 15.9. The van der Waals surface area contributed by atoms with Crippen LogP contribution in [0.5, 0.6) is 0 Å². The van der Waals surface area contributed by atoms with E-state index in [1.54, 1.807) is 25.1 Å². The SMILES string of the molecule is C[C@H](O)CN1CC2=C(C1=O)[C@H](c1ccccc1Cl)NC(=O)N2. The first kappa shape index (κ1) is 14.9. The van der Waals surface area contributed by atoms with Gasteiger partial charge >= 0.3 is 6.03 Å². The summed E-state index contributed by atoms with van der Waals surface area (Å²) in [4.78, 5) is 26.0. The van der Waals surface area contributed by atoms with Gasteiger partial charge in [0.15, 0.2) is 0 Å². The highest BCUT2D eigenvalue weighted by molar-refractivity contribution is 6.31. The third kappa shape index (κ3) is 2.55. The maximum Gasteiger partial charge on any atom is 0.319 e. The van der Waals surface area contributed by atoms with Crippen LogP contribution in [0.25, 0.3) is 0 Å². The molecule has 0 saturated carbocycles. The topological polar surface area (TPSA) is 81.7 Å². The number of aliphatic hydroxyl groups is 1. The van der Waals surface area contributed by atoms with E-state index in [1.807, 2.05) is 6.07 Å². The normalized spacial score (nSPS) is 22.3. The second kappa shape index (κ2) is 5.62. The molecular formula is C15H16ClN3O3. The number of rotatable bonds is 3. The molecule has 2 aliphatic heterocycles. The number of aliphatic hydroxyl groups excluding tert-OH is 1. The summed E-state index contributed by atoms with van der Waals surface area (Å²) < 4.78 is 0. The molecule has 0 unspecified atom stereocenters. The van der Waals surface area contributed by atoms with E-state index in [0.29, 0.717) is 21.9 Å². The standard InChI is InChI=1S/C15H16ClN3O3/c1-8(20)6-19-7-11-12(14(19)21)13(18-15(22)17-11)9-4-2-3-5-10(9)16/h2-5,8,13,20H,6-7H2,1H3,(H2,17,18,22)/t8-,13-/m0/s1. The van der Waals surface area contributed by atoms with Gasteiger partial charge in [0.05, 0.1) is 30.0 Å². The monoisotopic (exact) mass is 321 g/mol. The van der Waals surface area contributed by atoms with Crippen LogP contribution in [0.3, 0.4) is 0 Å². The van der Waals surface area contributed by atoms with Gasteiger partial charge in [0.1, 0.15) is 0 Å². The first-order chi connectivity index (χ1) is 10.5. The van der Waals surface area contributed by atoms with Gasteiger partial charge in [-0.3, -0.25) is 4.79 Å². The molecule has 2 heterocycles. The van der Waals surface area contributed by atoms with Gasteiger partial charge in [-0.15, -0.1) is 0 Å². The maximum atomic E-state index is 12.6. The van der Waals surface area contributed by atoms with Gasteiger partial charge in [-0.1, -0.05) is 29.8 Å². The lowest BCUT2D eigenvalue weighted by molar-refractivity contribution is -0.126. The number of halogens is 1. The molecule has 0 aliphatic carbocycles. The summed E-state index contributed by atoms with van der Waals surface area (Å²) in [6.45, 7) is 2.12. The Kier molecular flexibility index (Phi) is 3.80. The molecule has 116 valence electrons. The molecule has 2 aliphatic rings. The molecule has 6 nitrogen and oxygen atoms in total. The molecule has 7 heteroatoms. The Hall–Kier alpha value is -2.05. The lowest BCUT2D eigenvalue weighted by atomic mass is 9.96. The van der Waals surface area contributed by atoms with Crippen molar-refractivity contribution in [2.45, 2.75) is 19.1 Å². The molecule has 3 N–H and O–H groups in total. The number of amides is 3. The molecule has 0 saturated heterocycles. The molecule has 1 aromatic rings. The quantitative estimate of drug-likeness (QED) is 0.781. The van der Waals surface area contributed by atoms with E-state index in [-0.39, 0.29) is 25.0 Å². The maximum absolute atomic E-state index is 12.6. The van der Waals surface area contributed by atoms with E-state index < -0.39 is 12.1 Å². The van der Waals surface area contributed by atoms with Gasteiger partial charge in [0, 0.05) is 11.6 Å². The zero-order valence-electron chi connectivity index (χ0n) is 12.0. The smallest absolute Gasteiger partial charge is 0.319 e. The Morgan fingerprint density at radius 1 is 1.41 bits per heavy atom. The molecule has 22 heavy (non-hydrogen) atoms. The van der Waals surface area contributed by atoms with Gasteiger partial charge in [0.25, 0.3) is 5.91 Å². The van der Waals surface area contributed by atoms with Crippen molar-refractivity contribution in [3.63, 3.8) is 0 Å². The second-order valence-corrected chi connectivity index (χ2v) is 5.89. The molecule has 0 bridgehead atoms. The fourth-order valence-electron chi connectivity index (χ4n) is 2.84. The Morgan fingerprint density at radius 2 is 2.14 bits per heavy atom. The third-order valence-electron chi connectivity index (χ3n) is 3.72. The molecule has 2 atom stereocenters. The van der Waals surface area contributed by atoms with Gasteiger partial charge in [-0.05, 0) is 18.6 Å². The molecule has 1 aromatic carbocycles. The number of β-amino-alcohol motifs (C(OH)–C–C–N with tert-alkyl or cyclic N) is 1. The lowest BCUT2D eigenvalue weighted by Crippen LogP contribution is -2.44. The fraction of sp³-hybridized carbons (Fsp3) is 0.333. The number of carbonyl (C=O) groups excluding carboxylic acids is 2. The minimum atomic E-state index is -0.632. The Balaban J connectivity index is 1.98. The highest BCUT2D eigenvalue weighted by atomic mass is 35.5. The molecule has 0 aromatic heterocycles. The van der Waals surface area contributed by atoms with Crippen molar-refractivity contribution in [1.29, 1.82) is 0 Å². The van der Waals surface area contributed by atoms with Crippen molar-refractivity contribution < 1.29 is 14.7 Å². The van der Waals surface area contributed by atoms with Gasteiger partial charge < -0.3 is 20.6 Å². The number of carbonyl (C=O) groups is 2. The third-order valence-corrected chi connectivity index (χ3v) is 4.07. The van der Waals surface area contributed by atoms with Crippen LogP contribution in [-0.2, 0) is 4.79 Å². The van der Waals surface area contributed by atoms with E-state index in [1.165, 1.54) is 4.90 Å². The first-order valence-electron chi connectivity index (χ1n) is 6.99. The van der Waals surface area contributed by atoms with Crippen molar-refractivity contribution in [3.05, 3.63) is 46.1 Å². The highest BCUT2D eigenvalue weighted by Crippen LogP contribution is 2.35. The average molecular weight is 322 g/mol. The molecule has 3 rings (SSSR count). The lowest BCUT2D eigenvalue weighted by Gasteiger charge is -2.26. The number of nitrogens with zero attached hydrogens (tertiary/aromatic N) is 1. The summed E-state index contributed by atoms with van der Waals surface area (Å²) in [7, 11) is 0. The van der Waals surface area contributed by atoms with Crippen LogP contribution in [-0.4, -0.2) is 41.1 Å². The summed E-state index contributed by atoms with van der Waals surface area (Å²) >= 11 is 6.20. The van der Waals surface area contributed by atoms with E-state index in [4.69, 9.17) is 11.6 Å². The predicted octanol–water partition coefficient (Wildman–Crippen LogP) is 1.17. The van der Waals surface area contributed by atoms with Crippen LogP contribution in [0, 0.1) is 0 Å². The van der Waals surface area contributed by atoms with Gasteiger partial charge in [0.2, 0.25) is 0 Å². The van der Waals surface area contributed by atoms with Crippen molar-refractivity contribution >= 4 is 23.5 Å². The minimum Gasteiger partial charge on any atom is -0.392 e. The number of hydrogen-bond acceptors (Lipinski definition) is 3. The number of nitrogens with one attached hydrogen (secondary N) is 2. The fourth-order valence-corrected chi connectivity index (χ4v) is 3.08. The van der Waals surface area contributed by atoms with Crippen LogP contribution in [0.4, 0.5) is 4.79 Å². The van der Waals surface area contributed by atoms with Crippen LogP contribution >= 0.6 is 11.6 Å². The van der Waals surface area contributed by atoms with Crippen LogP contribution in [0.2, 0.25) is 5.02 Å². The summed E-state index contributed by atoms with van der Waals surface area (Å²) in [6, 6.07) is 6.16. The summed E-state index contributed by atoms with van der Waals surface area (Å²) in [5, 5.41) is 15.4. The number of hydrogen-bond donors (Lipinski definition) is 3. The Bertz CT molecular complexity index is 672. The second-order valence-electron chi connectivity index (χ2n) is 5.48. The predicted molar refractivity (Wildman–Crippen MR) is 81.1 cm³/mol. The summed E-state index contributed by atoms with van der Waals surface area (Å²) in [5.41, 5.74) is 1.73. The van der Waals surface area contributed by atoms with Crippen LogP contribution < -0.4 is 10.6 Å². The summed E-state index contributed by atoms with van der Waals surface area (Å²) in [6.07, 6.45) is -0.632. The van der Waals surface area contributed by atoms with Crippen molar-refractivity contribution in [2.24, 2.45) is 0 Å². The van der Waals surface area contributed by atoms with E-state index >= 15 is 0 Å². The molecular weight excluding hydrogens is 306 g/mol. The van der Waals surface area contributed by atoms with Crippen molar-refractivity contribution in [3.8, 4) is 0 Å². The van der Waals surface area contributed by atoms with Crippen LogP contribution in [0.1, 0.15) is 18.5 Å². The molecule has 3 amide bonds. The largest absolute Gasteiger partial charge is 0.392 e. The number of benzene rings is 1. The van der Waals surface area contributed by atoms with Gasteiger partial charge in [-0.2, -0.15) is 0 Å². The van der Waals surface area contributed by atoms with Crippen molar-refractivity contribution in [2.75, 3.05) is 13.1 Å². The molecule has 0 spiro atoms. The first-order valence-corrected chi connectivity index (χ1v) is 7.37. The number of urea groups is 1. The Labute approximate surface area is 132 Å². The highest BCUT2D eigenvalue weighted by Gasteiger charge is 2.41. The van der Waals surface area contributed by atoms with E-state index in [9.17, 15) is 14.7 Å². The average Bonchev–Trinajstić information content (AvgIpc) is 2.74. The van der Waals surface area contributed by atoms with Crippen LogP contribution in [0.15, 0.2) is 35.5 Å². The van der Waals surface area contributed by atoms with E-state index in [0.717, 1.165) is 0 Å². The zero-order valence-corrected chi connectivity index (χ0v) is 12.7. The Morgan fingerprint density at radius 3 is 2.82 bits per heavy atom.